The van der Waals surface area contributed by atoms with Crippen molar-refractivity contribution in [1.82, 2.24) is 29.3 Å². The Labute approximate surface area is 208 Å². The fraction of sp³-hybridized carbons (Fsp3) is 0.296. The molecule has 1 saturated heterocycles. The summed E-state index contributed by atoms with van der Waals surface area (Å²) < 4.78 is 17.3. The van der Waals surface area contributed by atoms with E-state index in [1.54, 1.807) is 12.4 Å². The van der Waals surface area contributed by atoms with Crippen molar-refractivity contribution < 1.29 is 4.39 Å². The number of rotatable bonds is 6. The second kappa shape index (κ2) is 9.33. The zero-order valence-electron chi connectivity index (χ0n) is 20.2. The molecule has 5 aromatic rings. The Morgan fingerprint density at radius 2 is 2.03 bits per heavy atom. The van der Waals surface area contributed by atoms with E-state index < -0.39 is 0 Å². The molecule has 0 amide bonds. The van der Waals surface area contributed by atoms with Gasteiger partial charge in [-0.05, 0) is 66.4 Å². The number of nitrogens with one attached hydrogen (secondary N) is 1. The number of halogens is 1. The summed E-state index contributed by atoms with van der Waals surface area (Å²) in [6, 6.07) is 15.1. The molecule has 3 aromatic heterocycles. The molecule has 0 unspecified atom stereocenters. The molecule has 0 saturated carbocycles. The minimum Gasteiger partial charge on any atom is -0.338 e. The van der Waals surface area contributed by atoms with Crippen molar-refractivity contribution in [2.45, 2.75) is 32.5 Å². The van der Waals surface area contributed by atoms with Crippen LogP contribution in [0.5, 0.6) is 0 Å². The predicted molar refractivity (Wildman–Crippen MR) is 139 cm³/mol. The highest BCUT2D eigenvalue weighted by molar-refractivity contribution is 5.85. The van der Waals surface area contributed by atoms with E-state index in [1.165, 1.54) is 17.7 Å². The lowest BCUT2D eigenvalue weighted by molar-refractivity contribution is 0.158. The first-order chi connectivity index (χ1) is 17.5. The van der Waals surface area contributed by atoms with Gasteiger partial charge in [-0.25, -0.2) is 13.9 Å². The van der Waals surface area contributed by atoms with Crippen LogP contribution in [0, 0.1) is 11.7 Å². The zero-order valence-corrected chi connectivity index (χ0v) is 20.2. The average Bonchev–Trinajstić information content (AvgIpc) is 3.46. The predicted octanol–water partition coefficient (Wildman–Crippen LogP) is 4.18. The minimum absolute atomic E-state index is 0.241. The van der Waals surface area contributed by atoms with Crippen molar-refractivity contribution in [2.75, 3.05) is 18.4 Å². The second-order valence-electron chi connectivity index (χ2n) is 9.74. The first kappa shape index (κ1) is 22.6. The van der Waals surface area contributed by atoms with Crippen molar-refractivity contribution in [3.8, 4) is 0 Å². The molecule has 3 N–H and O–H groups in total. The normalized spacial score (nSPS) is 18.8. The van der Waals surface area contributed by atoms with Crippen molar-refractivity contribution in [3.05, 3.63) is 84.2 Å². The zero-order chi connectivity index (χ0) is 24.6. The van der Waals surface area contributed by atoms with Gasteiger partial charge in [0, 0.05) is 36.4 Å². The second-order valence-corrected chi connectivity index (χ2v) is 9.74. The summed E-state index contributed by atoms with van der Waals surface area (Å²) in [5.74, 6) is 1.00. The van der Waals surface area contributed by atoms with Crippen molar-refractivity contribution in [2.24, 2.45) is 11.7 Å². The number of nitrogens with two attached hydrogens (primary N) is 1. The summed E-state index contributed by atoms with van der Waals surface area (Å²) in [5, 5.41) is 13.4. The molecule has 0 spiro atoms. The van der Waals surface area contributed by atoms with Gasteiger partial charge in [0.1, 0.15) is 17.7 Å². The molecule has 6 rings (SSSR count). The van der Waals surface area contributed by atoms with E-state index in [1.807, 2.05) is 39.8 Å². The monoisotopic (exact) mass is 484 g/mol. The summed E-state index contributed by atoms with van der Waals surface area (Å²) in [5.41, 5.74) is 11.1. The molecule has 4 heterocycles. The minimum atomic E-state index is -0.241. The van der Waals surface area contributed by atoms with Gasteiger partial charge in [-0.1, -0.05) is 19.1 Å². The maximum atomic E-state index is 13.6. The smallest absolute Gasteiger partial charge is 0.158 e. The van der Waals surface area contributed by atoms with Crippen LogP contribution in [-0.4, -0.2) is 48.4 Å². The summed E-state index contributed by atoms with van der Waals surface area (Å²) in [6.07, 6.45) is 6.40. The highest BCUT2D eigenvalue weighted by Gasteiger charge is 2.24. The third-order valence-electron chi connectivity index (χ3n) is 7.11. The molecule has 2 atom stereocenters. The quantitative estimate of drug-likeness (QED) is 0.376. The lowest BCUT2D eigenvalue weighted by Crippen LogP contribution is -2.45. The lowest BCUT2D eigenvalue weighted by Gasteiger charge is -2.35. The number of fused-ring (bicyclic) bond motifs is 2. The Kier molecular flexibility index (Phi) is 5.86. The third-order valence-corrected chi connectivity index (χ3v) is 7.11. The fourth-order valence-electron chi connectivity index (χ4n) is 5.11. The van der Waals surface area contributed by atoms with Crippen molar-refractivity contribution >= 4 is 27.9 Å². The molecular formula is C27H29FN8. The van der Waals surface area contributed by atoms with Crippen LogP contribution in [0.15, 0.2) is 67.3 Å². The maximum absolute atomic E-state index is 13.6. The van der Waals surface area contributed by atoms with Crippen LogP contribution in [0.4, 0.5) is 15.9 Å². The van der Waals surface area contributed by atoms with Crippen LogP contribution in [0.3, 0.4) is 0 Å². The molecule has 2 aromatic carbocycles. The van der Waals surface area contributed by atoms with Crippen molar-refractivity contribution in [1.29, 1.82) is 0 Å². The maximum Gasteiger partial charge on any atom is 0.158 e. The van der Waals surface area contributed by atoms with Crippen LogP contribution in [0.2, 0.25) is 0 Å². The van der Waals surface area contributed by atoms with Gasteiger partial charge in [-0.2, -0.15) is 10.2 Å². The highest BCUT2D eigenvalue weighted by Crippen LogP contribution is 2.27. The number of anilines is 2. The van der Waals surface area contributed by atoms with Crippen LogP contribution in [-0.2, 0) is 13.1 Å². The van der Waals surface area contributed by atoms with E-state index in [9.17, 15) is 4.39 Å². The Morgan fingerprint density at radius 3 is 2.89 bits per heavy atom. The number of hydrogen-bond donors (Lipinski definition) is 2. The van der Waals surface area contributed by atoms with Gasteiger partial charge in [0.15, 0.2) is 5.82 Å². The number of hydrogen-bond acceptors (Lipinski definition) is 6. The average molecular weight is 485 g/mol. The van der Waals surface area contributed by atoms with E-state index in [-0.39, 0.29) is 11.9 Å². The van der Waals surface area contributed by atoms with Crippen LogP contribution >= 0.6 is 0 Å². The molecule has 184 valence electrons. The highest BCUT2D eigenvalue weighted by atomic mass is 19.1. The number of benzene rings is 2. The van der Waals surface area contributed by atoms with Crippen molar-refractivity contribution in [3.63, 3.8) is 0 Å². The van der Waals surface area contributed by atoms with Gasteiger partial charge in [-0.15, -0.1) is 0 Å². The number of aromatic nitrogens is 5. The number of nitrogens with zero attached hydrogens (tertiary/aromatic N) is 6. The number of piperidine rings is 1. The van der Waals surface area contributed by atoms with Gasteiger partial charge in [0.2, 0.25) is 0 Å². The van der Waals surface area contributed by atoms with Crippen LogP contribution in [0.25, 0.3) is 16.4 Å². The van der Waals surface area contributed by atoms with Gasteiger partial charge < -0.3 is 11.1 Å². The molecule has 8 nitrogen and oxygen atoms in total. The summed E-state index contributed by atoms with van der Waals surface area (Å²) in [7, 11) is 0. The van der Waals surface area contributed by atoms with E-state index >= 15 is 0 Å². The molecule has 1 aliphatic heterocycles. The SMILES string of the molecule is C[C@H]1CN(Cc2ccn3ncnc(Nc4ccc5c(cnn5Cc5cccc(F)c5)c4)c23)CC[C@H]1N. The summed E-state index contributed by atoms with van der Waals surface area (Å²) in [6.45, 7) is 5.55. The van der Waals surface area contributed by atoms with E-state index in [0.29, 0.717) is 12.5 Å². The van der Waals surface area contributed by atoms with Gasteiger partial charge in [-0.3, -0.25) is 9.58 Å². The Balaban J connectivity index is 1.25. The van der Waals surface area contributed by atoms with E-state index in [0.717, 1.165) is 59.5 Å². The number of likely N-dealkylation sites (tertiary alicyclic amines) is 1. The third kappa shape index (κ3) is 4.43. The van der Waals surface area contributed by atoms with E-state index in [4.69, 9.17) is 5.73 Å². The Hall–Kier alpha value is -3.82. The topological polar surface area (TPSA) is 89.3 Å². The molecule has 0 bridgehead atoms. The first-order valence-electron chi connectivity index (χ1n) is 12.3. The summed E-state index contributed by atoms with van der Waals surface area (Å²) in [4.78, 5) is 7.02. The molecular weight excluding hydrogens is 455 g/mol. The fourth-order valence-corrected chi connectivity index (χ4v) is 5.11. The van der Waals surface area contributed by atoms with Crippen LogP contribution < -0.4 is 11.1 Å². The molecule has 1 fully saturated rings. The molecule has 9 heteroatoms. The van der Waals surface area contributed by atoms with Gasteiger partial charge >= 0.3 is 0 Å². The Bertz CT molecular complexity index is 1520. The summed E-state index contributed by atoms with van der Waals surface area (Å²) >= 11 is 0. The first-order valence-corrected chi connectivity index (χ1v) is 12.3. The Morgan fingerprint density at radius 1 is 1.11 bits per heavy atom. The molecule has 36 heavy (non-hydrogen) atoms. The molecule has 1 aliphatic rings. The molecule has 0 radical (unpaired) electrons. The van der Waals surface area contributed by atoms with Gasteiger partial charge in [0.25, 0.3) is 0 Å². The van der Waals surface area contributed by atoms with E-state index in [2.05, 4.69) is 44.5 Å². The van der Waals surface area contributed by atoms with Gasteiger partial charge in [0.05, 0.1) is 18.3 Å². The van der Waals surface area contributed by atoms with Crippen LogP contribution in [0.1, 0.15) is 24.5 Å². The molecule has 0 aliphatic carbocycles. The lowest BCUT2D eigenvalue weighted by atomic mass is 9.94. The standard InChI is InChI=1S/C27H29FN8/c1-18-14-34(9-8-24(18)29)16-20-7-10-35-26(20)27(30-17-32-35)33-23-5-6-25-21(12-23)13-31-36(25)15-19-3-2-4-22(28)11-19/h2-7,10-13,17-18,24H,8-9,14-16,29H2,1H3,(H,30,32,33)/t18-,24+/m0/s1. The largest absolute Gasteiger partial charge is 0.338 e.